The summed E-state index contributed by atoms with van der Waals surface area (Å²) in [4.78, 5) is 10.4. The number of nitrogens with zero attached hydrogens (tertiary/aromatic N) is 2. The zero-order valence-corrected chi connectivity index (χ0v) is 11.3. The van der Waals surface area contributed by atoms with Crippen LogP contribution in [0.5, 0.6) is 5.75 Å². The van der Waals surface area contributed by atoms with Crippen molar-refractivity contribution in [2.24, 2.45) is 0 Å². The molecule has 0 saturated carbocycles. The van der Waals surface area contributed by atoms with E-state index in [-0.39, 0.29) is 11.4 Å². The maximum atomic E-state index is 10.9. The van der Waals surface area contributed by atoms with E-state index in [1.54, 1.807) is 19.1 Å². The van der Waals surface area contributed by atoms with Gasteiger partial charge in [0, 0.05) is 23.9 Å². The molecule has 7 nitrogen and oxygen atoms in total. The molecule has 1 aromatic carbocycles. The number of hydrogen-bond acceptors (Lipinski definition) is 6. The van der Waals surface area contributed by atoms with Gasteiger partial charge in [-0.25, -0.2) is 0 Å². The number of nitro groups is 1. The number of hydrogen-bond donors (Lipinski definition) is 1. The van der Waals surface area contributed by atoms with Crippen LogP contribution in [0.1, 0.15) is 18.4 Å². The highest BCUT2D eigenvalue weighted by molar-refractivity contribution is 5.58. The van der Waals surface area contributed by atoms with E-state index in [9.17, 15) is 10.1 Å². The van der Waals surface area contributed by atoms with E-state index in [0.29, 0.717) is 24.6 Å². The smallest absolute Gasteiger partial charge is 0.311 e. The van der Waals surface area contributed by atoms with Gasteiger partial charge in [0.2, 0.25) is 0 Å². The van der Waals surface area contributed by atoms with E-state index < -0.39 is 4.92 Å². The first kappa shape index (κ1) is 13.9. The molecule has 0 unspecified atom stereocenters. The molecule has 1 aromatic heterocycles. The van der Waals surface area contributed by atoms with Crippen molar-refractivity contribution in [2.75, 3.05) is 11.9 Å². The first-order valence-corrected chi connectivity index (χ1v) is 6.17. The lowest BCUT2D eigenvalue weighted by atomic mass is 10.2. The lowest BCUT2D eigenvalue weighted by Gasteiger charge is -2.08. The Morgan fingerprint density at radius 1 is 1.45 bits per heavy atom. The fraction of sp³-hybridized carbons (Fsp3) is 0.308. The minimum Gasteiger partial charge on any atom is -0.487 e. The topological polar surface area (TPSA) is 90.4 Å². The van der Waals surface area contributed by atoms with Gasteiger partial charge in [-0.2, -0.15) is 0 Å². The number of nitrogens with one attached hydrogen (secondary N) is 1. The van der Waals surface area contributed by atoms with Crippen molar-refractivity contribution in [1.82, 2.24) is 5.16 Å². The fourth-order valence-corrected chi connectivity index (χ4v) is 1.73. The van der Waals surface area contributed by atoms with Crippen molar-refractivity contribution >= 4 is 11.4 Å². The van der Waals surface area contributed by atoms with Crippen LogP contribution in [-0.4, -0.2) is 16.7 Å². The monoisotopic (exact) mass is 277 g/mol. The average Bonchev–Trinajstić information content (AvgIpc) is 2.82. The normalized spacial score (nSPS) is 10.3. The minimum atomic E-state index is -0.464. The van der Waals surface area contributed by atoms with E-state index in [4.69, 9.17) is 9.26 Å². The molecule has 0 fully saturated rings. The van der Waals surface area contributed by atoms with Gasteiger partial charge in [0.15, 0.2) is 11.5 Å². The van der Waals surface area contributed by atoms with Crippen molar-refractivity contribution in [3.63, 3.8) is 0 Å². The molecule has 7 heteroatoms. The van der Waals surface area contributed by atoms with Crippen molar-refractivity contribution in [2.45, 2.75) is 20.4 Å². The Hall–Kier alpha value is -2.57. The molecular formula is C13H15N3O4. The summed E-state index contributed by atoms with van der Waals surface area (Å²) in [5.74, 6) is 0.940. The zero-order chi connectivity index (χ0) is 14.5. The highest BCUT2D eigenvalue weighted by Crippen LogP contribution is 2.30. The van der Waals surface area contributed by atoms with Crippen molar-refractivity contribution in [1.29, 1.82) is 0 Å². The number of aryl methyl sites for hydroxylation is 1. The van der Waals surface area contributed by atoms with E-state index in [0.717, 1.165) is 5.69 Å². The second-order valence-electron chi connectivity index (χ2n) is 4.16. The second kappa shape index (κ2) is 6.05. The number of rotatable bonds is 6. The third-order valence-electron chi connectivity index (χ3n) is 2.60. The third-order valence-corrected chi connectivity index (χ3v) is 2.60. The Morgan fingerprint density at radius 2 is 2.25 bits per heavy atom. The van der Waals surface area contributed by atoms with Crippen LogP contribution in [-0.2, 0) is 6.54 Å². The fourth-order valence-electron chi connectivity index (χ4n) is 1.73. The molecule has 0 amide bonds. The molecule has 0 radical (unpaired) electrons. The summed E-state index contributed by atoms with van der Waals surface area (Å²) in [6, 6.07) is 6.47. The first-order valence-electron chi connectivity index (χ1n) is 6.17. The molecule has 2 aromatic rings. The number of benzene rings is 1. The van der Waals surface area contributed by atoms with Crippen LogP contribution in [0.25, 0.3) is 0 Å². The summed E-state index contributed by atoms with van der Waals surface area (Å²) in [6.07, 6.45) is 0. The van der Waals surface area contributed by atoms with Crippen LogP contribution in [0.4, 0.5) is 11.4 Å². The molecule has 1 heterocycles. The van der Waals surface area contributed by atoms with E-state index in [2.05, 4.69) is 10.5 Å². The summed E-state index contributed by atoms with van der Waals surface area (Å²) in [6.45, 7) is 4.43. The summed E-state index contributed by atoms with van der Waals surface area (Å²) in [7, 11) is 0. The van der Waals surface area contributed by atoms with Gasteiger partial charge < -0.3 is 14.6 Å². The number of ether oxygens (including phenoxy) is 1. The first-order chi connectivity index (χ1) is 9.60. The standard InChI is InChI=1S/C13H15N3O4/c1-3-19-13-7-10(4-5-12(13)16(17)18)14-8-11-6-9(2)15-20-11/h4-7,14H,3,8H2,1-2H3. The molecule has 0 aliphatic heterocycles. The molecule has 1 N–H and O–H groups in total. The van der Waals surface area contributed by atoms with Crippen LogP contribution in [0, 0.1) is 17.0 Å². The third kappa shape index (κ3) is 3.25. The van der Waals surface area contributed by atoms with Crippen LogP contribution < -0.4 is 10.1 Å². The van der Waals surface area contributed by atoms with E-state index in [1.165, 1.54) is 6.07 Å². The maximum Gasteiger partial charge on any atom is 0.311 e. The molecule has 0 aliphatic rings. The predicted molar refractivity (Wildman–Crippen MR) is 72.8 cm³/mol. The number of aromatic nitrogens is 1. The molecule has 106 valence electrons. The highest BCUT2D eigenvalue weighted by atomic mass is 16.6. The number of nitro benzene ring substituents is 1. The summed E-state index contributed by atoms with van der Waals surface area (Å²) in [5.41, 5.74) is 1.47. The molecule has 0 bridgehead atoms. The Labute approximate surface area is 115 Å². The van der Waals surface area contributed by atoms with E-state index in [1.807, 2.05) is 13.0 Å². The van der Waals surface area contributed by atoms with Gasteiger partial charge in [-0.1, -0.05) is 5.16 Å². The van der Waals surface area contributed by atoms with Gasteiger partial charge in [0.1, 0.15) is 0 Å². The summed E-state index contributed by atoms with van der Waals surface area (Å²) in [5, 5.41) is 17.8. The molecule has 0 atom stereocenters. The predicted octanol–water partition coefficient (Wildman–Crippen LogP) is 2.90. The largest absolute Gasteiger partial charge is 0.487 e. The van der Waals surface area contributed by atoms with Gasteiger partial charge in [-0.15, -0.1) is 0 Å². The number of anilines is 1. The zero-order valence-electron chi connectivity index (χ0n) is 11.3. The SMILES string of the molecule is CCOc1cc(NCc2cc(C)no2)ccc1[N+](=O)[O-]. The molecular weight excluding hydrogens is 262 g/mol. The van der Waals surface area contributed by atoms with Gasteiger partial charge in [-0.3, -0.25) is 10.1 Å². The van der Waals surface area contributed by atoms with E-state index >= 15 is 0 Å². The summed E-state index contributed by atoms with van der Waals surface area (Å²) >= 11 is 0. The second-order valence-corrected chi connectivity index (χ2v) is 4.16. The van der Waals surface area contributed by atoms with Crippen molar-refractivity contribution < 1.29 is 14.2 Å². The average molecular weight is 277 g/mol. The molecule has 20 heavy (non-hydrogen) atoms. The Balaban J connectivity index is 2.12. The molecule has 0 spiro atoms. The van der Waals surface area contributed by atoms with Crippen molar-refractivity contribution in [3.05, 3.63) is 45.8 Å². The van der Waals surface area contributed by atoms with Crippen LogP contribution in [0.15, 0.2) is 28.8 Å². The highest BCUT2D eigenvalue weighted by Gasteiger charge is 2.15. The van der Waals surface area contributed by atoms with Crippen molar-refractivity contribution in [3.8, 4) is 5.75 Å². The molecule has 2 rings (SSSR count). The van der Waals surface area contributed by atoms with Gasteiger partial charge in [0.05, 0.1) is 23.8 Å². The summed E-state index contributed by atoms with van der Waals surface area (Å²) < 4.78 is 10.4. The lowest BCUT2D eigenvalue weighted by molar-refractivity contribution is -0.385. The Morgan fingerprint density at radius 3 is 2.85 bits per heavy atom. The molecule has 0 saturated heterocycles. The lowest BCUT2D eigenvalue weighted by Crippen LogP contribution is -2.01. The minimum absolute atomic E-state index is 0.0482. The Bertz CT molecular complexity index is 609. The van der Waals surface area contributed by atoms with Gasteiger partial charge in [-0.05, 0) is 19.9 Å². The van der Waals surface area contributed by atoms with Gasteiger partial charge in [0.25, 0.3) is 0 Å². The molecule has 0 aliphatic carbocycles. The Kier molecular flexibility index (Phi) is 4.19. The maximum absolute atomic E-state index is 10.9. The van der Waals surface area contributed by atoms with Crippen LogP contribution in [0.3, 0.4) is 0 Å². The van der Waals surface area contributed by atoms with Crippen LogP contribution >= 0.6 is 0 Å². The quantitative estimate of drug-likeness (QED) is 0.645. The van der Waals surface area contributed by atoms with Crippen LogP contribution in [0.2, 0.25) is 0 Å². The van der Waals surface area contributed by atoms with Gasteiger partial charge >= 0.3 is 5.69 Å².